The quantitative estimate of drug-likeness (QED) is 0.899. The van der Waals surface area contributed by atoms with Gasteiger partial charge in [0.15, 0.2) is 0 Å². The molecule has 1 aromatic heterocycles. The normalized spacial score (nSPS) is 18.1. The maximum atomic E-state index is 5.86. The molecular weight excluding hydrogens is 264 g/mol. The predicted octanol–water partition coefficient (Wildman–Crippen LogP) is 3.30. The lowest BCUT2D eigenvalue weighted by molar-refractivity contribution is 0.311. The molecule has 0 aliphatic heterocycles. The molecule has 1 aliphatic rings. The lowest BCUT2D eigenvalue weighted by atomic mass is 9.83. The summed E-state index contributed by atoms with van der Waals surface area (Å²) < 4.78 is 5.01. The lowest BCUT2D eigenvalue weighted by Gasteiger charge is -2.30. The Hall–Kier alpha value is -1.10. The number of anilines is 1. The van der Waals surface area contributed by atoms with Crippen LogP contribution in [-0.2, 0) is 0 Å². The maximum absolute atomic E-state index is 5.86. The molecule has 6 heteroatoms. The first kappa shape index (κ1) is 14.3. The van der Waals surface area contributed by atoms with Crippen molar-refractivity contribution in [1.82, 2.24) is 15.0 Å². The second-order valence-corrected chi connectivity index (χ2v) is 5.31. The maximum Gasteiger partial charge on any atom is 0.322 e. The van der Waals surface area contributed by atoms with E-state index in [-0.39, 0.29) is 11.3 Å². The molecule has 1 aromatic rings. The molecule has 0 spiro atoms. The summed E-state index contributed by atoms with van der Waals surface area (Å²) in [4.78, 5) is 12.2. The van der Waals surface area contributed by atoms with E-state index in [9.17, 15) is 0 Å². The van der Waals surface area contributed by atoms with Crippen LogP contribution in [0.5, 0.6) is 6.01 Å². The molecule has 1 unspecified atom stereocenters. The fourth-order valence-corrected chi connectivity index (χ4v) is 2.90. The molecule has 5 nitrogen and oxygen atoms in total. The van der Waals surface area contributed by atoms with Gasteiger partial charge in [-0.05, 0) is 36.8 Å². The van der Waals surface area contributed by atoms with Gasteiger partial charge in [0, 0.05) is 6.04 Å². The largest absolute Gasteiger partial charge is 0.467 e. The SMILES string of the molecule is CCC(Nc1nc(Cl)nc(OC)n1)C1CCCCC1. The number of nitrogens with one attached hydrogen (secondary N) is 1. The highest BCUT2D eigenvalue weighted by atomic mass is 35.5. The first-order chi connectivity index (χ1) is 9.22. The highest BCUT2D eigenvalue weighted by molar-refractivity contribution is 6.28. The summed E-state index contributed by atoms with van der Waals surface area (Å²) >= 11 is 5.86. The average molecular weight is 285 g/mol. The Morgan fingerprint density at radius 1 is 1.26 bits per heavy atom. The Balaban J connectivity index is 2.06. The van der Waals surface area contributed by atoms with Crippen LogP contribution in [0.3, 0.4) is 0 Å². The number of ether oxygens (including phenoxy) is 1. The van der Waals surface area contributed by atoms with Gasteiger partial charge in [-0.1, -0.05) is 26.2 Å². The first-order valence-electron chi connectivity index (χ1n) is 6.95. The van der Waals surface area contributed by atoms with E-state index in [2.05, 4.69) is 27.2 Å². The van der Waals surface area contributed by atoms with Crippen LogP contribution in [0.1, 0.15) is 45.4 Å². The minimum atomic E-state index is 0.160. The fourth-order valence-electron chi connectivity index (χ4n) is 2.74. The standard InChI is InChI=1S/C13H21ClN4O/c1-3-10(9-7-5-4-6-8-9)15-12-16-11(14)17-13(18-12)19-2/h9-10H,3-8H2,1-2H3,(H,15,16,17,18). The number of methoxy groups -OCH3 is 1. The van der Waals surface area contributed by atoms with Crippen LogP contribution in [0.25, 0.3) is 0 Å². The predicted molar refractivity (Wildman–Crippen MR) is 75.7 cm³/mol. The summed E-state index contributed by atoms with van der Waals surface area (Å²) in [5.74, 6) is 1.20. The molecule has 0 amide bonds. The van der Waals surface area contributed by atoms with Crippen molar-refractivity contribution in [3.63, 3.8) is 0 Å². The Labute approximate surface area is 119 Å². The van der Waals surface area contributed by atoms with Crippen LogP contribution in [0.4, 0.5) is 5.95 Å². The van der Waals surface area contributed by atoms with Crippen molar-refractivity contribution in [3.05, 3.63) is 5.28 Å². The molecule has 0 aromatic carbocycles. The molecule has 1 fully saturated rings. The Bertz CT molecular complexity index is 410. The average Bonchev–Trinajstić information content (AvgIpc) is 2.45. The fraction of sp³-hybridized carbons (Fsp3) is 0.769. The van der Waals surface area contributed by atoms with Gasteiger partial charge in [-0.25, -0.2) is 0 Å². The van der Waals surface area contributed by atoms with E-state index >= 15 is 0 Å². The van der Waals surface area contributed by atoms with Crippen molar-refractivity contribution >= 4 is 17.5 Å². The third-order valence-corrected chi connectivity index (χ3v) is 3.91. The summed E-state index contributed by atoms with van der Waals surface area (Å²) in [7, 11) is 1.52. The highest BCUT2D eigenvalue weighted by Crippen LogP contribution is 2.29. The number of nitrogens with zero attached hydrogens (tertiary/aromatic N) is 3. The Morgan fingerprint density at radius 2 is 2.00 bits per heavy atom. The summed E-state index contributed by atoms with van der Waals surface area (Å²) in [5, 5.41) is 3.55. The van der Waals surface area contributed by atoms with Crippen molar-refractivity contribution in [2.24, 2.45) is 5.92 Å². The summed E-state index contributed by atoms with van der Waals surface area (Å²) in [6, 6.07) is 0.643. The molecule has 0 radical (unpaired) electrons. The van der Waals surface area contributed by atoms with Crippen LogP contribution < -0.4 is 10.1 Å². The zero-order valence-corrected chi connectivity index (χ0v) is 12.3. The van der Waals surface area contributed by atoms with Gasteiger partial charge in [0.25, 0.3) is 0 Å². The van der Waals surface area contributed by atoms with Gasteiger partial charge >= 0.3 is 6.01 Å². The van der Waals surface area contributed by atoms with E-state index in [1.54, 1.807) is 0 Å². The summed E-state index contributed by atoms with van der Waals surface area (Å²) in [6.45, 7) is 2.19. The second kappa shape index (κ2) is 6.89. The van der Waals surface area contributed by atoms with E-state index in [0.29, 0.717) is 17.9 Å². The van der Waals surface area contributed by atoms with Crippen molar-refractivity contribution in [1.29, 1.82) is 0 Å². The van der Waals surface area contributed by atoms with Crippen LogP contribution >= 0.6 is 11.6 Å². The third-order valence-electron chi connectivity index (χ3n) is 3.74. The Kier molecular flexibility index (Phi) is 5.19. The minimum Gasteiger partial charge on any atom is -0.467 e. The van der Waals surface area contributed by atoms with Gasteiger partial charge in [-0.2, -0.15) is 15.0 Å². The smallest absolute Gasteiger partial charge is 0.322 e. The molecule has 19 heavy (non-hydrogen) atoms. The lowest BCUT2D eigenvalue weighted by Crippen LogP contribution is -2.31. The number of hydrogen-bond donors (Lipinski definition) is 1. The van der Waals surface area contributed by atoms with E-state index in [1.807, 2.05) is 0 Å². The highest BCUT2D eigenvalue weighted by Gasteiger charge is 2.23. The first-order valence-corrected chi connectivity index (χ1v) is 7.32. The van der Waals surface area contributed by atoms with Crippen molar-refractivity contribution in [3.8, 4) is 6.01 Å². The van der Waals surface area contributed by atoms with E-state index in [4.69, 9.17) is 16.3 Å². The molecule has 0 saturated heterocycles. The topological polar surface area (TPSA) is 59.9 Å². The number of hydrogen-bond acceptors (Lipinski definition) is 5. The van der Waals surface area contributed by atoms with Crippen LogP contribution in [0.15, 0.2) is 0 Å². The van der Waals surface area contributed by atoms with E-state index in [1.165, 1.54) is 39.2 Å². The second-order valence-electron chi connectivity index (χ2n) is 4.97. The molecule has 1 heterocycles. The monoisotopic (exact) mass is 284 g/mol. The van der Waals surface area contributed by atoms with Crippen molar-refractivity contribution in [2.75, 3.05) is 12.4 Å². The van der Waals surface area contributed by atoms with Gasteiger partial charge in [0.2, 0.25) is 11.2 Å². The molecule has 2 rings (SSSR count). The number of rotatable bonds is 5. The molecule has 1 atom stereocenters. The van der Waals surface area contributed by atoms with Crippen LogP contribution in [-0.4, -0.2) is 28.1 Å². The summed E-state index contributed by atoms with van der Waals surface area (Å²) in [5.41, 5.74) is 0. The zero-order chi connectivity index (χ0) is 13.7. The van der Waals surface area contributed by atoms with Crippen LogP contribution in [0, 0.1) is 5.92 Å². The molecule has 1 saturated carbocycles. The van der Waals surface area contributed by atoms with E-state index in [0.717, 1.165) is 6.42 Å². The number of aromatic nitrogens is 3. The van der Waals surface area contributed by atoms with Gasteiger partial charge in [-0.3, -0.25) is 0 Å². The van der Waals surface area contributed by atoms with Gasteiger partial charge in [0.05, 0.1) is 7.11 Å². The molecule has 1 aliphatic carbocycles. The van der Waals surface area contributed by atoms with Gasteiger partial charge < -0.3 is 10.1 Å². The molecule has 106 valence electrons. The van der Waals surface area contributed by atoms with E-state index < -0.39 is 0 Å². The molecule has 0 bridgehead atoms. The van der Waals surface area contributed by atoms with Crippen LogP contribution in [0.2, 0.25) is 5.28 Å². The van der Waals surface area contributed by atoms with Gasteiger partial charge in [-0.15, -0.1) is 0 Å². The molecule has 1 N–H and O–H groups in total. The number of halogens is 1. The zero-order valence-electron chi connectivity index (χ0n) is 11.5. The Morgan fingerprint density at radius 3 is 2.63 bits per heavy atom. The third kappa shape index (κ3) is 3.93. The van der Waals surface area contributed by atoms with Crippen molar-refractivity contribution < 1.29 is 4.74 Å². The van der Waals surface area contributed by atoms with Gasteiger partial charge in [0.1, 0.15) is 0 Å². The summed E-state index contributed by atoms with van der Waals surface area (Å²) in [6.07, 6.45) is 7.62. The molecular formula is C13H21ClN4O. The van der Waals surface area contributed by atoms with Crippen molar-refractivity contribution in [2.45, 2.75) is 51.5 Å². The minimum absolute atomic E-state index is 0.160.